The van der Waals surface area contributed by atoms with Gasteiger partial charge in [-0.2, -0.15) is 5.10 Å². The molecule has 7 heteroatoms. The summed E-state index contributed by atoms with van der Waals surface area (Å²) in [5, 5.41) is 14.9. The smallest absolute Gasteiger partial charge is 0.162 e. The molecular formula is C11H15ClN4OS. The first-order valence-corrected chi connectivity index (χ1v) is 7.05. The van der Waals surface area contributed by atoms with Crippen molar-refractivity contribution < 1.29 is 5.11 Å². The van der Waals surface area contributed by atoms with E-state index in [1.807, 2.05) is 14.0 Å². The van der Waals surface area contributed by atoms with Gasteiger partial charge in [0.1, 0.15) is 11.0 Å². The van der Waals surface area contributed by atoms with Crippen molar-refractivity contribution in [3.63, 3.8) is 0 Å². The maximum absolute atomic E-state index is 9.43. The predicted molar refractivity (Wildman–Crippen MR) is 73.8 cm³/mol. The number of hydrogen-bond donors (Lipinski definition) is 1. The van der Waals surface area contributed by atoms with Gasteiger partial charge in [0.2, 0.25) is 0 Å². The lowest BCUT2D eigenvalue weighted by molar-refractivity contribution is 0.196. The van der Waals surface area contributed by atoms with Gasteiger partial charge in [0.25, 0.3) is 0 Å². The minimum atomic E-state index is -0.356. The van der Waals surface area contributed by atoms with Gasteiger partial charge in [-0.05, 0) is 6.92 Å². The molecule has 0 fully saturated rings. The van der Waals surface area contributed by atoms with Crippen molar-refractivity contribution >= 4 is 34.4 Å². The summed E-state index contributed by atoms with van der Waals surface area (Å²) in [6, 6.07) is 0. The van der Waals surface area contributed by atoms with E-state index in [0.717, 1.165) is 11.0 Å². The minimum absolute atomic E-state index is 0.134. The third-order valence-electron chi connectivity index (χ3n) is 2.75. The summed E-state index contributed by atoms with van der Waals surface area (Å²) in [5.41, 5.74) is 0.732. The average molecular weight is 287 g/mol. The van der Waals surface area contributed by atoms with E-state index in [-0.39, 0.29) is 11.4 Å². The summed E-state index contributed by atoms with van der Waals surface area (Å²) >= 11 is 7.69. The molecule has 0 saturated heterocycles. The Labute approximate surface area is 115 Å². The Morgan fingerprint density at radius 3 is 2.83 bits per heavy atom. The largest absolute Gasteiger partial charge is 0.392 e. The second kappa shape index (κ2) is 5.42. The van der Waals surface area contributed by atoms with Crippen LogP contribution in [0, 0.1) is 0 Å². The molecule has 98 valence electrons. The molecule has 0 aromatic carbocycles. The summed E-state index contributed by atoms with van der Waals surface area (Å²) < 4.78 is 1.68. The predicted octanol–water partition coefficient (Wildman–Crippen LogP) is 2.02. The minimum Gasteiger partial charge on any atom is -0.392 e. The molecule has 2 atom stereocenters. The van der Waals surface area contributed by atoms with E-state index in [4.69, 9.17) is 11.6 Å². The Morgan fingerprint density at radius 1 is 1.44 bits per heavy atom. The quantitative estimate of drug-likeness (QED) is 0.871. The van der Waals surface area contributed by atoms with Gasteiger partial charge in [0.05, 0.1) is 23.4 Å². The topological polar surface area (TPSA) is 63.8 Å². The van der Waals surface area contributed by atoms with Crippen LogP contribution in [0.25, 0.3) is 11.0 Å². The fraction of sp³-hybridized carbons (Fsp3) is 0.545. The molecule has 0 aliphatic rings. The van der Waals surface area contributed by atoms with Gasteiger partial charge >= 0.3 is 0 Å². The lowest BCUT2D eigenvalue weighted by atomic mass is 10.3. The van der Waals surface area contributed by atoms with Crippen molar-refractivity contribution in [3.8, 4) is 0 Å². The number of aryl methyl sites for hydroxylation is 1. The molecule has 5 nitrogen and oxygen atoms in total. The maximum Gasteiger partial charge on any atom is 0.162 e. The molecule has 2 rings (SSSR count). The standard InChI is InChI=1S/C11H15ClN4OS/c1-6(17)7(2)18-5-9-14-10(12)8-4-13-16(3)11(8)15-9/h4,6-7,17H,5H2,1-3H3. The van der Waals surface area contributed by atoms with Crippen LogP contribution in [0.5, 0.6) is 0 Å². The van der Waals surface area contributed by atoms with Crippen LogP contribution in [0.3, 0.4) is 0 Å². The number of halogens is 1. The van der Waals surface area contributed by atoms with Crippen molar-refractivity contribution in [3.05, 3.63) is 17.2 Å². The van der Waals surface area contributed by atoms with Crippen molar-refractivity contribution in [2.24, 2.45) is 7.05 Å². The molecule has 2 unspecified atom stereocenters. The lowest BCUT2D eigenvalue weighted by Crippen LogP contribution is -2.15. The van der Waals surface area contributed by atoms with Gasteiger partial charge in [-0.15, -0.1) is 11.8 Å². The van der Waals surface area contributed by atoms with Crippen molar-refractivity contribution in [1.82, 2.24) is 19.7 Å². The van der Waals surface area contributed by atoms with E-state index in [1.54, 1.807) is 29.6 Å². The fourth-order valence-electron chi connectivity index (χ4n) is 1.44. The van der Waals surface area contributed by atoms with E-state index in [2.05, 4.69) is 15.1 Å². The molecule has 0 bridgehead atoms. The van der Waals surface area contributed by atoms with Crippen LogP contribution >= 0.6 is 23.4 Å². The number of aliphatic hydroxyl groups is 1. The first kappa shape index (κ1) is 13.6. The number of rotatable bonds is 4. The van der Waals surface area contributed by atoms with E-state index in [9.17, 15) is 5.11 Å². The molecule has 18 heavy (non-hydrogen) atoms. The molecule has 0 radical (unpaired) electrons. The first-order chi connectivity index (χ1) is 8.49. The van der Waals surface area contributed by atoms with Crippen LogP contribution in [0.2, 0.25) is 5.15 Å². The monoisotopic (exact) mass is 286 g/mol. The first-order valence-electron chi connectivity index (χ1n) is 5.63. The van der Waals surface area contributed by atoms with E-state index in [1.165, 1.54) is 0 Å². The number of nitrogens with zero attached hydrogens (tertiary/aromatic N) is 4. The van der Waals surface area contributed by atoms with Crippen molar-refractivity contribution in [2.45, 2.75) is 31.0 Å². The Kier molecular flexibility index (Phi) is 4.09. The van der Waals surface area contributed by atoms with Gasteiger partial charge in [-0.1, -0.05) is 18.5 Å². The fourth-order valence-corrected chi connectivity index (χ4v) is 2.49. The molecule has 0 aliphatic heterocycles. The third kappa shape index (κ3) is 2.76. The third-order valence-corrected chi connectivity index (χ3v) is 4.38. The van der Waals surface area contributed by atoms with Gasteiger partial charge in [0.15, 0.2) is 5.65 Å². The number of fused-ring (bicyclic) bond motifs is 1. The number of aromatic nitrogens is 4. The average Bonchev–Trinajstić information content (AvgIpc) is 2.68. The van der Waals surface area contributed by atoms with Crippen molar-refractivity contribution in [1.29, 1.82) is 0 Å². The normalized spacial score (nSPS) is 14.9. The molecule has 2 heterocycles. The second-order valence-corrected chi connectivity index (χ2v) is 5.92. The highest BCUT2D eigenvalue weighted by molar-refractivity contribution is 7.99. The summed E-state index contributed by atoms with van der Waals surface area (Å²) in [6.07, 6.45) is 1.30. The molecule has 2 aromatic heterocycles. The van der Waals surface area contributed by atoms with Crippen LogP contribution < -0.4 is 0 Å². The summed E-state index contributed by atoms with van der Waals surface area (Å²) in [5.74, 6) is 1.28. The Balaban J connectivity index is 2.21. The Morgan fingerprint density at radius 2 is 2.17 bits per heavy atom. The van der Waals surface area contributed by atoms with Crippen LogP contribution in [-0.2, 0) is 12.8 Å². The molecule has 2 aromatic rings. The molecule has 1 N–H and O–H groups in total. The van der Waals surface area contributed by atoms with E-state index >= 15 is 0 Å². The maximum atomic E-state index is 9.43. The molecule has 0 amide bonds. The highest BCUT2D eigenvalue weighted by Gasteiger charge is 2.13. The second-order valence-electron chi connectivity index (χ2n) is 4.19. The van der Waals surface area contributed by atoms with Gasteiger partial charge in [-0.25, -0.2) is 9.97 Å². The summed E-state index contributed by atoms with van der Waals surface area (Å²) in [4.78, 5) is 8.67. The number of hydrogen-bond acceptors (Lipinski definition) is 5. The van der Waals surface area contributed by atoms with Crippen molar-refractivity contribution in [2.75, 3.05) is 0 Å². The Hall–Kier alpha value is -0.850. The molecule has 0 aliphatic carbocycles. The SMILES string of the molecule is CC(O)C(C)SCc1nc(Cl)c2cnn(C)c2n1. The molecular weight excluding hydrogens is 272 g/mol. The number of thioether (sulfide) groups is 1. The summed E-state index contributed by atoms with van der Waals surface area (Å²) in [6.45, 7) is 3.75. The van der Waals surface area contributed by atoms with Crippen LogP contribution in [0.4, 0.5) is 0 Å². The highest BCUT2D eigenvalue weighted by Crippen LogP contribution is 2.23. The van der Waals surface area contributed by atoms with Gasteiger partial charge in [0, 0.05) is 12.3 Å². The zero-order chi connectivity index (χ0) is 13.3. The van der Waals surface area contributed by atoms with Crippen LogP contribution in [0.15, 0.2) is 6.20 Å². The van der Waals surface area contributed by atoms with E-state index < -0.39 is 0 Å². The van der Waals surface area contributed by atoms with E-state index in [0.29, 0.717) is 16.7 Å². The summed E-state index contributed by atoms with van der Waals surface area (Å²) in [7, 11) is 1.82. The van der Waals surface area contributed by atoms with Crippen LogP contribution in [-0.4, -0.2) is 36.2 Å². The molecule has 0 spiro atoms. The highest BCUT2D eigenvalue weighted by atomic mass is 35.5. The lowest BCUT2D eigenvalue weighted by Gasteiger charge is -2.13. The zero-order valence-electron chi connectivity index (χ0n) is 10.5. The van der Waals surface area contributed by atoms with Gasteiger partial charge < -0.3 is 5.11 Å². The number of aliphatic hydroxyl groups excluding tert-OH is 1. The molecule has 0 saturated carbocycles. The Bertz CT molecular complexity index is 557. The zero-order valence-corrected chi connectivity index (χ0v) is 12.0. The van der Waals surface area contributed by atoms with Crippen LogP contribution in [0.1, 0.15) is 19.7 Å². The van der Waals surface area contributed by atoms with Gasteiger partial charge in [-0.3, -0.25) is 4.68 Å².